The molecule has 0 bridgehead atoms. The highest BCUT2D eigenvalue weighted by molar-refractivity contribution is 7.09. The van der Waals surface area contributed by atoms with Gasteiger partial charge in [-0.1, -0.05) is 5.16 Å². The van der Waals surface area contributed by atoms with Crippen molar-refractivity contribution in [1.29, 1.82) is 0 Å². The highest BCUT2D eigenvalue weighted by Gasteiger charge is 2.14. The average Bonchev–Trinajstić information content (AvgIpc) is 3.02. The van der Waals surface area contributed by atoms with Gasteiger partial charge in [0.1, 0.15) is 16.4 Å². The molecule has 0 fully saturated rings. The Hall–Kier alpha value is -2.22. The van der Waals surface area contributed by atoms with Gasteiger partial charge in [0.15, 0.2) is 5.82 Å². The van der Waals surface area contributed by atoms with Crippen LogP contribution in [0.25, 0.3) is 11.5 Å². The van der Waals surface area contributed by atoms with Crippen LogP contribution in [0.2, 0.25) is 0 Å². The summed E-state index contributed by atoms with van der Waals surface area (Å²) in [5, 5.41) is 13.3. The second kappa shape index (κ2) is 4.22. The van der Waals surface area contributed by atoms with E-state index in [-0.39, 0.29) is 0 Å². The fraction of sp³-hybridized carbons (Fsp3) is 0.200. The quantitative estimate of drug-likeness (QED) is 0.738. The molecule has 18 heavy (non-hydrogen) atoms. The number of nitrogens with zero attached hydrogens (tertiary/aromatic N) is 4. The van der Waals surface area contributed by atoms with Crippen molar-refractivity contribution < 1.29 is 4.52 Å². The Bertz CT molecular complexity index is 669. The number of rotatable bonds is 3. The van der Waals surface area contributed by atoms with E-state index in [0.29, 0.717) is 29.5 Å². The summed E-state index contributed by atoms with van der Waals surface area (Å²) in [5.41, 5.74) is 7.29. The summed E-state index contributed by atoms with van der Waals surface area (Å²) in [6.07, 6.45) is 2.11. The highest BCUT2D eigenvalue weighted by atomic mass is 32.1. The Morgan fingerprint density at radius 2 is 2.33 bits per heavy atom. The molecule has 0 unspecified atom stereocenters. The van der Waals surface area contributed by atoms with E-state index in [2.05, 4.69) is 25.3 Å². The molecule has 92 valence electrons. The summed E-state index contributed by atoms with van der Waals surface area (Å²) in [4.78, 5) is 8.62. The number of hydrogen-bond donors (Lipinski definition) is 2. The molecule has 0 saturated heterocycles. The number of aromatic amines is 1. The van der Waals surface area contributed by atoms with Crippen LogP contribution in [-0.2, 0) is 6.42 Å². The van der Waals surface area contributed by atoms with Gasteiger partial charge in [-0.25, -0.2) is 4.98 Å². The summed E-state index contributed by atoms with van der Waals surface area (Å²) in [6, 6.07) is 0. The van der Waals surface area contributed by atoms with Gasteiger partial charge in [0.25, 0.3) is 5.89 Å². The molecule has 0 aromatic carbocycles. The minimum Gasteiger partial charge on any atom is -0.383 e. The first-order chi connectivity index (χ1) is 8.72. The topological polar surface area (TPSA) is 107 Å². The number of nitrogens with one attached hydrogen (secondary N) is 1. The third kappa shape index (κ3) is 1.97. The molecule has 0 aliphatic heterocycles. The Balaban J connectivity index is 1.84. The molecular weight excluding hydrogens is 252 g/mol. The lowest BCUT2D eigenvalue weighted by Crippen LogP contribution is -1.91. The first kappa shape index (κ1) is 10.9. The molecule has 3 heterocycles. The van der Waals surface area contributed by atoms with E-state index in [1.807, 2.05) is 12.3 Å². The van der Waals surface area contributed by atoms with E-state index in [0.717, 1.165) is 10.7 Å². The SMILES string of the molecule is Cc1csc(Cc2noc(-c3cn[nH]c3N)n2)n1. The Morgan fingerprint density at radius 3 is 3.00 bits per heavy atom. The van der Waals surface area contributed by atoms with E-state index in [1.54, 1.807) is 17.5 Å². The van der Waals surface area contributed by atoms with Gasteiger partial charge in [0.05, 0.1) is 12.6 Å². The van der Waals surface area contributed by atoms with Gasteiger partial charge in [0, 0.05) is 11.1 Å². The third-order valence-corrected chi connectivity index (χ3v) is 3.31. The molecule has 0 radical (unpaired) electrons. The molecule has 0 aliphatic carbocycles. The molecule has 3 aromatic rings. The zero-order valence-corrected chi connectivity index (χ0v) is 10.4. The summed E-state index contributed by atoms with van der Waals surface area (Å²) >= 11 is 1.58. The van der Waals surface area contributed by atoms with Crippen LogP contribution in [-0.4, -0.2) is 25.3 Å². The number of aryl methyl sites for hydroxylation is 1. The molecule has 8 heteroatoms. The van der Waals surface area contributed by atoms with Crippen molar-refractivity contribution in [2.75, 3.05) is 5.73 Å². The van der Waals surface area contributed by atoms with Crippen LogP contribution in [0.1, 0.15) is 16.5 Å². The van der Waals surface area contributed by atoms with Gasteiger partial charge in [-0.05, 0) is 6.92 Å². The van der Waals surface area contributed by atoms with Crippen molar-refractivity contribution in [2.45, 2.75) is 13.3 Å². The number of H-pyrrole nitrogens is 1. The van der Waals surface area contributed by atoms with E-state index in [4.69, 9.17) is 10.3 Å². The van der Waals surface area contributed by atoms with E-state index >= 15 is 0 Å². The molecule has 0 amide bonds. The average molecular weight is 262 g/mol. The standard InChI is InChI=1S/C10H10N6OS/c1-5-4-18-8(13-5)2-7-14-10(17-16-7)6-3-12-15-9(6)11/h3-4H,2H2,1H3,(H3,11,12,15). The van der Waals surface area contributed by atoms with Gasteiger partial charge in [0.2, 0.25) is 0 Å². The lowest BCUT2D eigenvalue weighted by atomic mass is 10.3. The molecule has 0 aliphatic rings. The van der Waals surface area contributed by atoms with Crippen molar-refractivity contribution in [2.24, 2.45) is 0 Å². The molecule has 3 N–H and O–H groups in total. The maximum Gasteiger partial charge on any atom is 0.263 e. The van der Waals surface area contributed by atoms with Gasteiger partial charge in [-0.2, -0.15) is 10.1 Å². The van der Waals surface area contributed by atoms with Gasteiger partial charge in [-0.15, -0.1) is 11.3 Å². The number of nitrogen functional groups attached to an aromatic ring is 1. The summed E-state index contributed by atoms with van der Waals surface area (Å²) in [7, 11) is 0. The molecule has 0 spiro atoms. The largest absolute Gasteiger partial charge is 0.383 e. The fourth-order valence-electron chi connectivity index (χ4n) is 1.52. The van der Waals surface area contributed by atoms with Crippen LogP contribution in [0.5, 0.6) is 0 Å². The lowest BCUT2D eigenvalue weighted by Gasteiger charge is -1.88. The maximum atomic E-state index is 5.68. The second-order valence-electron chi connectivity index (χ2n) is 3.77. The predicted molar refractivity (Wildman–Crippen MR) is 65.9 cm³/mol. The first-order valence-electron chi connectivity index (χ1n) is 5.25. The Kier molecular flexibility index (Phi) is 2.56. The highest BCUT2D eigenvalue weighted by Crippen LogP contribution is 2.22. The van der Waals surface area contributed by atoms with Crippen LogP contribution in [0.15, 0.2) is 16.1 Å². The molecule has 3 aromatic heterocycles. The number of nitrogens with two attached hydrogens (primary N) is 1. The minimum atomic E-state index is 0.365. The molecule has 7 nitrogen and oxygen atoms in total. The van der Waals surface area contributed by atoms with Crippen LogP contribution in [0.3, 0.4) is 0 Å². The van der Waals surface area contributed by atoms with Crippen molar-refractivity contribution in [3.63, 3.8) is 0 Å². The van der Waals surface area contributed by atoms with Crippen molar-refractivity contribution >= 4 is 17.2 Å². The minimum absolute atomic E-state index is 0.365. The normalized spacial score (nSPS) is 10.9. The van der Waals surface area contributed by atoms with Gasteiger partial charge in [-0.3, -0.25) is 5.10 Å². The number of aromatic nitrogens is 5. The van der Waals surface area contributed by atoms with Gasteiger partial charge >= 0.3 is 0 Å². The summed E-state index contributed by atoms with van der Waals surface area (Å²) in [6.45, 7) is 1.95. The fourth-order valence-corrected chi connectivity index (χ4v) is 2.29. The van der Waals surface area contributed by atoms with Crippen LogP contribution in [0.4, 0.5) is 5.82 Å². The smallest absolute Gasteiger partial charge is 0.263 e. The van der Waals surface area contributed by atoms with E-state index in [1.165, 1.54) is 0 Å². The van der Waals surface area contributed by atoms with Crippen molar-refractivity contribution in [3.8, 4) is 11.5 Å². The van der Waals surface area contributed by atoms with Crippen LogP contribution >= 0.6 is 11.3 Å². The monoisotopic (exact) mass is 262 g/mol. The zero-order valence-electron chi connectivity index (χ0n) is 9.54. The lowest BCUT2D eigenvalue weighted by molar-refractivity contribution is 0.424. The van der Waals surface area contributed by atoms with Gasteiger partial charge < -0.3 is 10.3 Å². The maximum absolute atomic E-state index is 5.68. The molecular formula is C10H10N6OS. The Morgan fingerprint density at radius 1 is 1.44 bits per heavy atom. The first-order valence-corrected chi connectivity index (χ1v) is 6.13. The third-order valence-electron chi connectivity index (χ3n) is 2.34. The molecule has 3 rings (SSSR count). The molecule has 0 atom stereocenters. The van der Waals surface area contributed by atoms with E-state index < -0.39 is 0 Å². The number of anilines is 1. The Labute approximate surface area is 106 Å². The van der Waals surface area contributed by atoms with Crippen LogP contribution in [0, 0.1) is 6.92 Å². The number of thiazole rings is 1. The van der Waals surface area contributed by atoms with E-state index in [9.17, 15) is 0 Å². The van der Waals surface area contributed by atoms with Crippen LogP contribution < -0.4 is 5.73 Å². The van der Waals surface area contributed by atoms with Crippen molar-refractivity contribution in [1.82, 2.24) is 25.3 Å². The van der Waals surface area contributed by atoms with Crippen molar-refractivity contribution in [3.05, 3.63) is 28.1 Å². The number of hydrogen-bond acceptors (Lipinski definition) is 7. The zero-order chi connectivity index (χ0) is 12.5. The second-order valence-corrected chi connectivity index (χ2v) is 4.72. The molecule has 0 saturated carbocycles. The summed E-state index contributed by atoms with van der Waals surface area (Å²) in [5.74, 6) is 1.36. The summed E-state index contributed by atoms with van der Waals surface area (Å²) < 4.78 is 5.14. The predicted octanol–water partition coefficient (Wildman–Crippen LogP) is 1.40.